The van der Waals surface area contributed by atoms with E-state index in [9.17, 15) is 9.59 Å². The zero-order valence-corrected chi connectivity index (χ0v) is 12.0. The standard InChI is InChI=1S/C14H21N3O3/c1-10(2)12(14(20)17(3)7-8-18)16-13(19)11-5-4-6-15-9-11/h4-6,9-10,12,18H,7-8H2,1-3H3,(H,16,19). The first-order valence-electron chi connectivity index (χ1n) is 6.54. The number of hydrogen-bond donors (Lipinski definition) is 2. The van der Waals surface area contributed by atoms with Crippen molar-refractivity contribution < 1.29 is 14.7 Å². The van der Waals surface area contributed by atoms with Gasteiger partial charge in [0, 0.05) is 26.0 Å². The van der Waals surface area contributed by atoms with E-state index < -0.39 is 6.04 Å². The third kappa shape index (κ3) is 4.31. The minimum atomic E-state index is -0.626. The molecule has 6 nitrogen and oxygen atoms in total. The molecular weight excluding hydrogens is 258 g/mol. The van der Waals surface area contributed by atoms with Gasteiger partial charge in [-0.25, -0.2) is 0 Å². The van der Waals surface area contributed by atoms with Crippen LogP contribution in [0.15, 0.2) is 24.5 Å². The predicted molar refractivity (Wildman–Crippen MR) is 75.1 cm³/mol. The van der Waals surface area contributed by atoms with Crippen molar-refractivity contribution in [1.29, 1.82) is 0 Å². The van der Waals surface area contributed by atoms with Crippen molar-refractivity contribution >= 4 is 11.8 Å². The molecule has 0 bridgehead atoms. The summed E-state index contributed by atoms with van der Waals surface area (Å²) < 4.78 is 0. The highest BCUT2D eigenvalue weighted by Gasteiger charge is 2.27. The number of nitrogens with one attached hydrogen (secondary N) is 1. The Morgan fingerprint density at radius 2 is 2.15 bits per heavy atom. The lowest BCUT2D eigenvalue weighted by Crippen LogP contribution is -2.50. The molecule has 1 rings (SSSR count). The summed E-state index contributed by atoms with van der Waals surface area (Å²) in [6.45, 7) is 3.85. The van der Waals surface area contributed by atoms with Gasteiger partial charge in [0.1, 0.15) is 6.04 Å². The van der Waals surface area contributed by atoms with Crippen LogP contribution in [0.4, 0.5) is 0 Å². The molecule has 0 spiro atoms. The average Bonchev–Trinajstić information content (AvgIpc) is 2.44. The molecule has 2 amide bonds. The smallest absolute Gasteiger partial charge is 0.253 e. The second-order valence-corrected chi connectivity index (χ2v) is 4.92. The van der Waals surface area contributed by atoms with E-state index in [-0.39, 0.29) is 30.9 Å². The maximum atomic E-state index is 12.2. The lowest BCUT2D eigenvalue weighted by Gasteiger charge is -2.26. The first kappa shape index (κ1) is 16.1. The van der Waals surface area contributed by atoms with Crippen molar-refractivity contribution in [3.63, 3.8) is 0 Å². The van der Waals surface area contributed by atoms with Gasteiger partial charge in [0.05, 0.1) is 12.2 Å². The number of pyridine rings is 1. The van der Waals surface area contributed by atoms with E-state index in [2.05, 4.69) is 10.3 Å². The SMILES string of the molecule is CC(C)C(NC(=O)c1cccnc1)C(=O)N(C)CCO. The molecule has 1 heterocycles. The summed E-state index contributed by atoms with van der Waals surface area (Å²) in [4.78, 5) is 29.6. The molecule has 20 heavy (non-hydrogen) atoms. The zero-order valence-electron chi connectivity index (χ0n) is 12.0. The Morgan fingerprint density at radius 3 is 2.65 bits per heavy atom. The quantitative estimate of drug-likeness (QED) is 0.784. The van der Waals surface area contributed by atoms with Gasteiger partial charge in [-0.05, 0) is 18.1 Å². The number of hydrogen-bond acceptors (Lipinski definition) is 4. The Kier molecular flexibility index (Phi) is 6.11. The first-order valence-corrected chi connectivity index (χ1v) is 6.54. The van der Waals surface area contributed by atoms with Gasteiger partial charge in [0.25, 0.3) is 5.91 Å². The molecule has 1 aromatic rings. The summed E-state index contributed by atoms with van der Waals surface area (Å²) in [6, 6.07) is 2.68. The van der Waals surface area contributed by atoms with Crippen molar-refractivity contribution in [3.8, 4) is 0 Å². The minimum absolute atomic E-state index is 0.0516. The molecule has 0 fully saturated rings. The third-order valence-electron chi connectivity index (χ3n) is 2.95. The van der Waals surface area contributed by atoms with Crippen LogP contribution in [-0.4, -0.2) is 53.0 Å². The van der Waals surface area contributed by atoms with E-state index in [1.54, 1.807) is 25.4 Å². The molecule has 0 aliphatic carbocycles. The van der Waals surface area contributed by atoms with Crippen LogP contribution in [0.25, 0.3) is 0 Å². The van der Waals surface area contributed by atoms with Gasteiger partial charge in [-0.1, -0.05) is 13.8 Å². The maximum absolute atomic E-state index is 12.2. The molecular formula is C14H21N3O3. The molecule has 6 heteroatoms. The summed E-state index contributed by atoms with van der Waals surface area (Å²) >= 11 is 0. The van der Waals surface area contributed by atoms with Gasteiger partial charge in [-0.2, -0.15) is 0 Å². The Bertz CT molecular complexity index is 448. The minimum Gasteiger partial charge on any atom is -0.395 e. The number of carbonyl (C=O) groups is 2. The maximum Gasteiger partial charge on any atom is 0.253 e. The van der Waals surface area contributed by atoms with Crippen LogP contribution in [0.2, 0.25) is 0 Å². The van der Waals surface area contributed by atoms with E-state index >= 15 is 0 Å². The number of aliphatic hydroxyl groups excluding tert-OH is 1. The van der Waals surface area contributed by atoms with E-state index in [0.29, 0.717) is 5.56 Å². The molecule has 2 N–H and O–H groups in total. The van der Waals surface area contributed by atoms with Gasteiger partial charge in [-0.3, -0.25) is 14.6 Å². The Labute approximate surface area is 118 Å². The molecule has 0 aromatic carbocycles. The molecule has 0 saturated carbocycles. The molecule has 0 radical (unpaired) electrons. The van der Waals surface area contributed by atoms with Gasteiger partial charge in [0.2, 0.25) is 5.91 Å². The van der Waals surface area contributed by atoms with Crippen molar-refractivity contribution in [3.05, 3.63) is 30.1 Å². The van der Waals surface area contributed by atoms with Crippen molar-refractivity contribution in [2.45, 2.75) is 19.9 Å². The van der Waals surface area contributed by atoms with Crippen LogP contribution < -0.4 is 5.32 Å². The zero-order chi connectivity index (χ0) is 15.1. The monoisotopic (exact) mass is 279 g/mol. The largest absolute Gasteiger partial charge is 0.395 e. The van der Waals surface area contributed by atoms with Gasteiger partial charge in [0.15, 0.2) is 0 Å². The molecule has 110 valence electrons. The lowest BCUT2D eigenvalue weighted by atomic mass is 10.0. The fraction of sp³-hybridized carbons (Fsp3) is 0.500. The van der Waals surface area contributed by atoms with E-state index in [1.165, 1.54) is 11.1 Å². The fourth-order valence-corrected chi connectivity index (χ4v) is 1.73. The third-order valence-corrected chi connectivity index (χ3v) is 2.95. The highest BCUT2D eigenvalue weighted by atomic mass is 16.3. The number of carbonyl (C=O) groups excluding carboxylic acids is 2. The van der Waals surface area contributed by atoms with Crippen LogP contribution in [0.5, 0.6) is 0 Å². The Hall–Kier alpha value is -1.95. The summed E-state index contributed by atoms with van der Waals surface area (Å²) in [5.74, 6) is -0.599. The van der Waals surface area contributed by atoms with E-state index in [1.807, 2.05) is 13.8 Å². The Morgan fingerprint density at radius 1 is 1.45 bits per heavy atom. The van der Waals surface area contributed by atoms with Gasteiger partial charge >= 0.3 is 0 Å². The topological polar surface area (TPSA) is 82.5 Å². The molecule has 1 atom stereocenters. The predicted octanol–water partition coefficient (Wildman–Crippen LogP) is 0.287. The normalized spacial score (nSPS) is 12.1. The lowest BCUT2D eigenvalue weighted by molar-refractivity contribution is -0.133. The van der Waals surface area contributed by atoms with Crippen LogP contribution in [0, 0.1) is 5.92 Å². The van der Waals surface area contributed by atoms with Crippen molar-refractivity contribution in [2.24, 2.45) is 5.92 Å². The van der Waals surface area contributed by atoms with Crippen molar-refractivity contribution in [1.82, 2.24) is 15.2 Å². The van der Waals surface area contributed by atoms with Crippen LogP contribution in [-0.2, 0) is 4.79 Å². The molecule has 0 aliphatic rings. The Balaban J connectivity index is 2.78. The highest BCUT2D eigenvalue weighted by molar-refractivity contribution is 5.97. The second-order valence-electron chi connectivity index (χ2n) is 4.92. The fourth-order valence-electron chi connectivity index (χ4n) is 1.73. The average molecular weight is 279 g/mol. The first-order chi connectivity index (χ1) is 9.47. The molecule has 1 unspecified atom stereocenters. The van der Waals surface area contributed by atoms with Crippen LogP contribution >= 0.6 is 0 Å². The van der Waals surface area contributed by atoms with Crippen molar-refractivity contribution in [2.75, 3.05) is 20.2 Å². The number of likely N-dealkylation sites (N-methyl/N-ethyl adjacent to an activating group) is 1. The number of rotatable bonds is 6. The summed E-state index contributed by atoms with van der Waals surface area (Å²) in [7, 11) is 1.60. The second kappa shape index (κ2) is 7.59. The number of amides is 2. The van der Waals surface area contributed by atoms with Gasteiger partial charge < -0.3 is 15.3 Å². The number of aliphatic hydroxyl groups is 1. The number of nitrogens with zero attached hydrogens (tertiary/aromatic N) is 2. The number of aromatic nitrogens is 1. The van der Waals surface area contributed by atoms with Crippen LogP contribution in [0.3, 0.4) is 0 Å². The van der Waals surface area contributed by atoms with Crippen LogP contribution in [0.1, 0.15) is 24.2 Å². The van der Waals surface area contributed by atoms with Gasteiger partial charge in [-0.15, -0.1) is 0 Å². The molecule has 0 saturated heterocycles. The highest BCUT2D eigenvalue weighted by Crippen LogP contribution is 2.07. The summed E-state index contributed by atoms with van der Waals surface area (Å²) in [5.41, 5.74) is 0.413. The summed E-state index contributed by atoms with van der Waals surface area (Å²) in [6.07, 6.45) is 3.03. The summed E-state index contributed by atoms with van der Waals surface area (Å²) in [5, 5.41) is 11.6. The molecule has 0 aliphatic heterocycles. The van der Waals surface area contributed by atoms with E-state index in [0.717, 1.165) is 0 Å². The molecule has 1 aromatic heterocycles. The van der Waals surface area contributed by atoms with E-state index in [4.69, 9.17) is 5.11 Å².